The predicted octanol–water partition coefficient (Wildman–Crippen LogP) is 1.34. The van der Waals surface area contributed by atoms with Gasteiger partial charge in [0.2, 0.25) is 0 Å². The number of rotatable bonds is 4. The van der Waals surface area contributed by atoms with E-state index in [9.17, 15) is 4.39 Å². The van der Waals surface area contributed by atoms with E-state index >= 15 is 0 Å². The number of piperazine rings is 1. The highest BCUT2D eigenvalue weighted by Crippen LogP contribution is 2.21. The molecule has 0 bridgehead atoms. The SMILES string of the molecule is N/C(CN1CCN(Cc2cccc(F)c2Cl)CC1)=N/O. The summed E-state index contributed by atoms with van der Waals surface area (Å²) in [5.74, 6) is -0.165. The van der Waals surface area contributed by atoms with E-state index in [-0.39, 0.29) is 16.7 Å². The van der Waals surface area contributed by atoms with Gasteiger partial charge in [0.05, 0.1) is 11.6 Å². The quantitative estimate of drug-likeness (QED) is 0.381. The van der Waals surface area contributed by atoms with Crippen molar-refractivity contribution in [1.29, 1.82) is 0 Å². The molecule has 0 unspecified atom stereocenters. The standard InChI is InChI=1S/C13H18ClFN4O/c14-13-10(2-1-3-11(13)15)8-18-4-6-19(7-5-18)9-12(16)17-20/h1-3,20H,4-9H2,(H2,16,17). The van der Waals surface area contributed by atoms with Crippen LogP contribution in [0.15, 0.2) is 23.4 Å². The van der Waals surface area contributed by atoms with Crippen molar-refractivity contribution >= 4 is 17.4 Å². The second-order valence-corrected chi connectivity index (χ2v) is 5.23. The average molecular weight is 301 g/mol. The minimum Gasteiger partial charge on any atom is -0.409 e. The summed E-state index contributed by atoms with van der Waals surface area (Å²) in [7, 11) is 0. The van der Waals surface area contributed by atoms with Crippen LogP contribution in [0.25, 0.3) is 0 Å². The summed E-state index contributed by atoms with van der Waals surface area (Å²) in [6.45, 7) is 4.42. The lowest BCUT2D eigenvalue weighted by Crippen LogP contribution is -2.48. The zero-order chi connectivity index (χ0) is 14.5. The van der Waals surface area contributed by atoms with Crippen LogP contribution in [0.5, 0.6) is 0 Å². The highest BCUT2D eigenvalue weighted by molar-refractivity contribution is 6.31. The van der Waals surface area contributed by atoms with Gasteiger partial charge in [-0.05, 0) is 11.6 Å². The fourth-order valence-corrected chi connectivity index (χ4v) is 2.46. The maximum Gasteiger partial charge on any atom is 0.153 e. The molecular weight excluding hydrogens is 283 g/mol. The third-order valence-corrected chi connectivity index (χ3v) is 3.83. The lowest BCUT2D eigenvalue weighted by molar-refractivity contribution is 0.139. The van der Waals surface area contributed by atoms with Crippen molar-refractivity contribution in [3.63, 3.8) is 0 Å². The van der Waals surface area contributed by atoms with Crippen LogP contribution in [0.4, 0.5) is 4.39 Å². The van der Waals surface area contributed by atoms with Crippen molar-refractivity contribution in [2.24, 2.45) is 10.9 Å². The first-order chi connectivity index (χ1) is 9.60. The third-order valence-electron chi connectivity index (χ3n) is 3.40. The maximum absolute atomic E-state index is 13.4. The molecule has 3 N–H and O–H groups in total. The lowest BCUT2D eigenvalue weighted by Gasteiger charge is -2.34. The molecular formula is C13H18ClFN4O. The summed E-state index contributed by atoms with van der Waals surface area (Å²) in [5.41, 5.74) is 6.29. The molecule has 1 aliphatic heterocycles. The Kier molecular flexibility index (Phi) is 5.17. The Morgan fingerprint density at radius 2 is 1.95 bits per heavy atom. The van der Waals surface area contributed by atoms with Crippen molar-refractivity contribution in [1.82, 2.24) is 9.80 Å². The fraction of sp³-hybridized carbons (Fsp3) is 0.462. The third kappa shape index (κ3) is 3.82. The fourth-order valence-electron chi connectivity index (χ4n) is 2.28. The topological polar surface area (TPSA) is 65.1 Å². The van der Waals surface area contributed by atoms with Crippen LogP contribution in [0.3, 0.4) is 0 Å². The van der Waals surface area contributed by atoms with Gasteiger partial charge in [-0.25, -0.2) is 4.39 Å². The molecule has 1 aliphatic rings. The Labute approximate surface area is 122 Å². The molecule has 2 rings (SSSR count). The largest absolute Gasteiger partial charge is 0.409 e. The molecule has 5 nitrogen and oxygen atoms in total. The average Bonchev–Trinajstić information content (AvgIpc) is 2.46. The Hall–Kier alpha value is -1.37. The van der Waals surface area contributed by atoms with Gasteiger partial charge in [-0.2, -0.15) is 0 Å². The molecule has 0 amide bonds. The van der Waals surface area contributed by atoms with Gasteiger partial charge < -0.3 is 10.9 Å². The molecule has 0 radical (unpaired) electrons. The monoisotopic (exact) mass is 300 g/mol. The smallest absolute Gasteiger partial charge is 0.153 e. The van der Waals surface area contributed by atoms with Gasteiger partial charge in [-0.1, -0.05) is 28.9 Å². The highest BCUT2D eigenvalue weighted by Gasteiger charge is 2.19. The normalized spacial score (nSPS) is 18.4. The summed E-state index contributed by atoms with van der Waals surface area (Å²) in [6, 6.07) is 4.88. The molecule has 20 heavy (non-hydrogen) atoms. The van der Waals surface area contributed by atoms with Crippen LogP contribution in [0, 0.1) is 5.82 Å². The second-order valence-electron chi connectivity index (χ2n) is 4.86. The van der Waals surface area contributed by atoms with Gasteiger partial charge in [0.15, 0.2) is 5.84 Å². The molecule has 1 aromatic rings. The molecule has 110 valence electrons. The molecule has 1 aromatic carbocycles. The number of hydrogen-bond acceptors (Lipinski definition) is 4. The van der Waals surface area contributed by atoms with Gasteiger partial charge in [0.25, 0.3) is 0 Å². The van der Waals surface area contributed by atoms with E-state index in [1.165, 1.54) is 6.07 Å². The first-order valence-corrected chi connectivity index (χ1v) is 6.82. The van der Waals surface area contributed by atoms with E-state index in [1.54, 1.807) is 6.07 Å². The zero-order valence-electron chi connectivity index (χ0n) is 11.1. The Bertz CT molecular complexity index is 489. The molecule has 0 aromatic heterocycles. The van der Waals surface area contributed by atoms with Crippen LogP contribution in [-0.2, 0) is 6.54 Å². The number of benzene rings is 1. The number of nitrogens with zero attached hydrogens (tertiary/aromatic N) is 3. The van der Waals surface area contributed by atoms with Gasteiger partial charge in [-0.3, -0.25) is 9.80 Å². The minimum absolute atomic E-state index is 0.201. The summed E-state index contributed by atoms with van der Waals surface area (Å²) >= 11 is 5.96. The summed E-state index contributed by atoms with van der Waals surface area (Å²) in [5, 5.41) is 11.7. The van der Waals surface area contributed by atoms with Gasteiger partial charge in [-0.15, -0.1) is 0 Å². The van der Waals surface area contributed by atoms with E-state index in [1.807, 2.05) is 6.07 Å². The molecule has 0 aliphatic carbocycles. The summed E-state index contributed by atoms with van der Waals surface area (Å²) in [4.78, 5) is 4.32. The summed E-state index contributed by atoms with van der Waals surface area (Å²) < 4.78 is 13.4. The first kappa shape index (κ1) is 15.0. The van der Waals surface area contributed by atoms with Gasteiger partial charge in [0, 0.05) is 32.7 Å². The second kappa shape index (κ2) is 6.88. The zero-order valence-corrected chi connectivity index (χ0v) is 11.9. The van der Waals surface area contributed by atoms with E-state index in [0.29, 0.717) is 13.1 Å². The minimum atomic E-state index is -0.380. The van der Waals surface area contributed by atoms with E-state index in [0.717, 1.165) is 31.7 Å². The molecule has 0 atom stereocenters. The van der Waals surface area contributed by atoms with Crippen LogP contribution >= 0.6 is 11.6 Å². The highest BCUT2D eigenvalue weighted by atomic mass is 35.5. The van der Waals surface area contributed by atoms with E-state index in [2.05, 4.69) is 15.0 Å². The van der Waals surface area contributed by atoms with Gasteiger partial charge in [0.1, 0.15) is 5.82 Å². The molecule has 1 saturated heterocycles. The van der Waals surface area contributed by atoms with Crippen LogP contribution in [-0.4, -0.2) is 53.6 Å². The molecule has 1 fully saturated rings. The van der Waals surface area contributed by atoms with Crippen LogP contribution < -0.4 is 5.73 Å². The first-order valence-electron chi connectivity index (χ1n) is 6.44. The Morgan fingerprint density at radius 1 is 1.30 bits per heavy atom. The molecule has 1 heterocycles. The van der Waals surface area contributed by atoms with Crippen molar-refractivity contribution in [3.05, 3.63) is 34.6 Å². The number of oxime groups is 1. The number of halogens is 2. The summed E-state index contributed by atoms with van der Waals surface area (Å²) in [6.07, 6.45) is 0. The number of hydrogen-bond donors (Lipinski definition) is 2. The van der Waals surface area contributed by atoms with Crippen molar-refractivity contribution < 1.29 is 9.60 Å². The number of nitrogens with two attached hydrogens (primary N) is 1. The van der Waals surface area contributed by atoms with Crippen molar-refractivity contribution in [2.45, 2.75) is 6.54 Å². The Balaban J connectivity index is 1.87. The van der Waals surface area contributed by atoms with E-state index in [4.69, 9.17) is 22.5 Å². The lowest BCUT2D eigenvalue weighted by atomic mass is 10.2. The van der Waals surface area contributed by atoms with E-state index < -0.39 is 0 Å². The van der Waals surface area contributed by atoms with Gasteiger partial charge >= 0.3 is 0 Å². The maximum atomic E-state index is 13.4. The molecule has 0 saturated carbocycles. The van der Waals surface area contributed by atoms with Crippen molar-refractivity contribution in [2.75, 3.05) is 32.7 Å². The number of amidine groups is 1. The Morgan fingerprint density at radius 3 is 2.60 bits per heavy atom. The molecule has 7 heteroatoms. The van der Waals surface area contributed by atoms with Crippen molar-refractivity contribution in [3.8, 4) is 0 Å². The van der Waals surface area contributed by atoms with Crippen LogP contribution in [0.1, 0.15) is 5.56 Å². The molecule has 0 spiro atoms. The van der Waals surface area contributed by atoms with Crippen LogP contribution in [0.2, 0.25) is 5.02 Å². The predicted molar refractivity (Wildman–Crippen MR) is 76.5 cm³/mol.